The highest BCUT2D eigenvalue weighted by Gasteiger charge is 2.30. The molecule has 0 aliphatic carbocycles. The molecule has 1 unspecified atom stereocenters. The van der Waals surface area contributed by atoms with Crippen LogP contribution < -0.4 is 15.4 Å². The molecule has 0 saturated heterocycles. The van der Waals surface area contributed by atoms with Gasteiger partial charge >= 0.3 is 0 Å². The zero-order valence-corrected chi connectivity index (χ0v) is 14.4. The number of nitrogens with zero attached hydrogens (tertiary/aromatic N) is 2. The molecule has 1 aromatic heterocycles. The van der Waals surface area contributed by atoms with Crippen LogP contribution in [0.1, 0.15) is 50.8 Å². The van der Waals surface area contributed by atoms with Crippen molar-refractivity contribution in [1.82, 2.24) is 0 Å². The number of nitrogens with two attached hydrogens (primary N) is 1. The van der Waals surface area contributed by atoms with Crippen molar-refractivity contribution in [2.24, 2.45) is 10.7 Å². The van der Waals surface area contributed by atoms with Crippen LogP contribution >= 0.6 is 0 Å². The Kier molecular flexibility index (Phi) is 5.20. The van der Waals surface area contributed by atoms with Crippen molar-refractivity contribution in [3.05, 3.63) is 42.2 Å². The molecule has 3 rings (SSSR count). The number of ether oxygens (including phenoxy) is 1. The van der Waals surface area contributed by atoms with Gasteiger partial charge in [-0.05, 0) is 36.8 Å². The zero-order chi connectivity index (χ0) is 16.9. The van der Waals surface area contributed by atoms with Crippen LogP contribution in [0.15, 0.2) is 46.0 Å². The predicted octanol–water partition coefficient (Wildman–Crippen LogP) is 4.77. The number of fused-ring (bicyclic) bond motifs is 1. The van der Waals surface area contributed by atoms with E-state index in [9.17, 15) is 0 Å². The van der Waals surface area contributed by atoms with Gasteiger partial charge in [-0.1, -0.05) is 26.2 Å². The second-order valence-electron chi connectivity index (χ2n) is 6.03. The number of hydrogen-bond donors (Lipinski definition) is 1. The Morgan fingerprint density at radius 2 is 1.96 bits per heavy atom. The summed E-state index contributed by atoms with van der Waals surface area (Å²) < 4.78 is 10.7. The first-order chi connectivity index (χ1) is 11.7. The maximum Gasteiger partial charge on any atom is 0.226 e. The number of methoxy groups -OCH3 is 1. The van der Waals surface area contributed by atoms with E-state index in [-0.39, 0.29) is 6.17 Å². The summed E-state index contributed by atoms with van der Waals surface area (Å²) in [5.74, 6) is 2.43. The minimum Gasteiger partial charge on any atom is -0.497 e. The van der Waals surface area contributed by atoms with Crippen molar-refractivity contribution >= 4 is 17.4 Å². The summed E-state index contributed by atoms with van der Waals surface area (Å²) >= 11 is 0. The van der Waals surface area contributed by atoms with E-state index in [1.807, 2.05) is 30.3 Å². The van der Waals surface area contributed by atoms with Crippen molar-refractivity contribution in [1.29, 1.82) is 0 Å². The first kappa shape index (κ1) is 16.6. The molecule has 2 N–H and O–H groups in total. The minimum absolute atomic E-state index is 0.286. The molecular weight excluding hydrogens is 302 g/mol. The van der Waals surface area contributed by atoms with Gasteiger partial charge in [0.25, 0.3) is 0 Å². The Bertz CT molecular complexity index is 691. The second-order valence-corrected chi connectivity index (χ2v) is 6.03. The lowest BCUT2D eigenvalue weighted by atomic mass is 10.1. The first-order valence-electron chi connectivity index (χ1n) is 8.58. The summed E-state index contributed by atoms with van der Waals surface area (Å²) in [4.78, 5) is 6.82. The molecule has 0 radical (unpaired) electrons. The maximum atomic E-state index is 6.51. The van der Waals surface area contributed by atoms with Gasteiger partial charge in [0.1, 0.15) is 17.8 Å². The van der Waals surface area contributed by atoms with Gasteiger partial charge in [0, 0.05) is 12.1 Å². The molecule has 128 valence electrons. The number of unbranched alkanes of at least 4 members (excludes halogenated alkanes) is 3. The highest BCUT2D eigenvalue weighted by Crippen LogP contribution is 2.37. The normalized spacial score (nSPS) is 16.7. The van der Waals surface area contributed by atoms with Crippen molar-refractivity contribution in [3.63, 3.8) is 0 Å². The van der Waals surface area contributed by atoms with Gasteiger partial charge in [-0.15, -0.1) is 0 Å². The van der Waals surface area contributed by atoms with Gasteiger partial charge in [-0.2, -0.15) is 4.99 Å². The Balaban J connectivity index is 1.87. The molecule has 2 heterocycles. The Hall–Kier alpha value is -2.27. The quantitative estimate of drug-likeness (QED) is 0.744. The van der Waals surface area contributed by atoms with E-state index in [0.717, 1.165) is 35.7 Å². The number of aliphatic imine (C=N–C) groups is 1. The number of anilines is 1. The van der Waals surface area contributed by atoms with E-state index in [1.165, 1.54) is 19.3 Å². The summed E-state index contributed by atoms with van der Waals surface area (Å²) in [6.07, 6.45) is 7.02. The van der Waals surface area contributed by atoms with Crippen LogP contribution in [0.2, 0.25) is 0 Å². The standard InChI is InChI=1S/C19H25N3O2/c1-3-4-5-6-7-17-21-19-16(12-13-24-19)18(20)22(17)14-8-10-15(23-2)11-9-14/h8-13,18H,3-7,20H2,1-2H3. The van der Waals surface area contributed by atoms with E-state index < -0.39 is 0 Å². The fraction of sp³-hybridized carbons (Fsp3) is 0.421. The molecule has 0 spiro atoms. The third-order valence-electron chi connectivity index (χ3n) is 4.38. The lowest BCUT2D eigenvalue weighted by Crippen LogP contribution is -2.41. The van der Waals surface area contributed by atoms with Crippen LogP contribution in [0.25, 0.3) is 0 Å². The maximum absolute atomic E-state index is 6.51. The molecule has 1 atom stereocenters. The molecule has 24 heavy (non-hydrogen) atoms. The van der Waals surface area contributed by atoms with Crippen molar-refractivity contribution in [2.45, 2.75) is 45.2 Å². The molecule has 0 saturated carbocycles. The number of hydrogen-bond acceptors (Lipinski definition) is 5. The second kappa shape index (κ2) is 7.53. The molecular formula is C19H25N3O2. The van der Waals surface area contributed by atoms with E-state index in [4.69, 9.17) is 19.9 Å². The number of furan rings is 1. The van der Waals surface area contributed by atoms with Crippen molar-refractivity contribution < 1.29 is 9.15 Å². The average Bonchev–Trinajstić information content (AvgIpc) is 3.08. The van der Waals surface area contributed by atoms with Gasteiger partial charge in [0.15, 0.2) is 0 Å². The van der Waals surface area contributed by atoms with Gasteiger partial charge < -0.3 is 19.8 Å². The van der Waals surface area contributed by atoms with Gasteiger partial charge in [-0.3, -0.25) is 0 Å². The van der Waals surface area contributed by atoms with Crippen LogP contribution in [0, 0.1) is 0 Å². The van der Waals surface area contributed by atoms with Crippen LogP contribution in [0.5, 0.6) is 5.75 Å². The van der Waals surface area contributed by atoms with E-state index in [1.54, 1.807) is 13.4 Å². The molecule has 2 aromatic rings. The monoisotopic (exact) mass is 327 g/mol. The largest absolute Gasteiger partial charge is 0.497 e. The number of benzene rings is 1. The molecule has 0 fully saturated rings. The van der Waals surface area contributed by atoms with Crippen LogP contribution in [-0.4, -0.2) is 12.9 Å². The van der Waals surface area contributed by atoms with Crippen LogP contribution in [0.4, 0.5) is 11.6 Å². The lowest BCUT2D eigenvalue weighted by Gasteiger charge is -2.34. The third-order valence-corrected chi connectivity index (χ3v) is 4.38. The molecule has 1 aliphatic heterocycles. The van der Waals surface area contributed by atoms with Crippen LogP contribution in [-0.2, 0) is 0 Å². The Labute approximate surface area is 143 Å². The Morgan fingerprint density at radius 1 is 1.17 bits per heavy atom. The summed E-state index contributed by atoms with van der Waals surface area (Å²) in [7, 11) is 1.67. The zero-order valence-electron chi connectivity index (χ0n) is 14.4. The fourth-order valence-corrected chi connectivity index (χ4v) is 3.04. The van der Waals surface area contributed by atoms with E-state index in [0.29, 0.717) is 5.88 Å². The van der Waals surface area contributed by atoms with Crippen LogP contribution in [0.3, 0.4) is 0 Å². The summed E-state index contributed by atoms with van der Waals surface area (Å²) in [6.45, 7) is 2.22. The first-order valence-corrected chi connectivity index (χ1v) is 8.58. The fourth-order valence-electron chi connectivity index (χ4n) is 3.04. The third kappa shape index (κ3) is 3.31. The van der Waals surface area contributed by atoms with Gasteiger partial charge in [-0.25, -0.2) is 0 Å². The molecule has 1 aliphatic rings. The van der Waals surface area contributed by atoms with Crippen molar-refractivity contribution in [3.8, 4) is 5.75 Å². The highest BCUT2D eigenvalue weighted by atomic mass is 16.5. The predicted molar refractivity (Wildman–Crippen MR) is 97.0 cm³/mol. The van der Waals surface area contributed by atoms with Gasteiger partial charge in [0.05, 0.1) is 18.9 Å². The average molecular weight is 327 g/mol. The molecule has 0 amide bonds. The summed E-state index contributed by atoms with van der Waals surface area (Å²) in [5.41, 5.74) is 8.45. The SMILES string of the molecule is CCCCCCC1=Nc2occc2C(N)N1c1ccc(OC)cc1. The molecule has 5 nitrogen and oxygen atoms in total. The number of amidine groups is 1. The van der Waals surface area contributed by atoms with Crippen molar-refractivity contribution in [2.75, 3.05) is 12.0 Å². The summed E-state index contributed by atoms with van der Waals surface area (Å²) in [6, 6.07) is 9.83. The highest BCUT2D eigenvalue weighted by molar-refractivity contribution is 6.01. The topological polar surface area (TPSA) is 64.0 Å². The smallest absolute Gasteiger partial charge is 0.226 e. The number of rotatable bonds is 7. The van der Waals surface area contributed by atoms with E-state index in [2.05, 4.69) is 11.8 Å². The van der Waals surface area contributed by atoms with Gasteiger partial charge in [0.2, 0.25) is 5.88 Å². The Morgan fingerprint density at radius 3 is 2.67 bits per heavy atom. The lowest BCUT2D eigenvalue weighted by molar-refractivity contribution is 0.415. The molecule has 1 aromatic carbocycles. The van der Waals surface area contributed by atoms with E-state index >= 15 is 0 Å². The molecule has 5 heteroatoms. The summed E-state index contributed by atoms with van der Waals surface area (Å²) in [5, 5.41) is 0. The molecule has 0 bridgehead atoms. The minimum atomic E-state index is -0.286.